The van der Waals surface area contributed by atoms with Gasteiger partial charge in [0.15, 0.2) is 0 Å². The van der Waals surface area contributed by atoms with Crippen LogP contribution in [0.3, 0.4) is 0 Å². The van der Waals surface area contributed by atoms with E-state index in [-0.39, 0.29) is 17.9 Å². The first-order valence-electron chi connectivity index (χ1n) is 9.87. The molecule has 1 atom stereocenters. The summed E-state index contributed by atoms with van der Waals surface area (Å²) in [4.78, 5) is 31.8. The summed E-state index contributed by atoms with van der Waals surface area (Å²) < 4.78 is 0.823. The minimum absolute atomic E-state index is 0.0979. The normalized spacial score (nSPS) is 17.9. The second-order valence-electron chi connectivity index (χ2n) is 7.66. The van der Waals surface area contributed by atoms with Crippen LogP contribution in [0, 0.1) is 13.8 Å². The summed E-state index contributed by atoms with van der Waals surface area (Å²) in [6, 6.07) is 16.0. The molecule has 1 fully saturated rings. The number of benzene rings is 2. The number of carbonyl (C=O) groups is 2. The Morgan fingerprint density at radius 1 is 1.10 bits per heavy atom. The molecule has 1 saturated heterocycles. The molecule has 1 amide bonds. The molecule has 0 radical (unpaired) electrons. The summed E-state index contributed by atoms with van der Waals surface area (Å²) in [7, 11) is 0. The van der Waals surface area contributed by atoms with Crippen LogP contribution in [-0.2, 0) is 16.1 Å². The Hall–Kier alpha value is -3.25. The van der Waals surface area contributed by atoms with E-state index < -0.39 is 17.7 Å². The highest BCUT2D eigenvalue weighted by Crippen LogP contribution is 2.41. The van der Waals surface area contributed by atoms with Gasteiger partial charge in [-0.3, -0.25) is 14.6 Å². The first kappa shape index (κ1) is 21.0. The zero-order valence-electron chi connectivity index (χ0n) is 17.2. The summed E-state index contributed by atoms with van der Waals surface area (Å²) in [6.07, 6.45) is 3.33. The Labute approximate surface area is 189 Å². The van der Waals surface area contributed by atoms with Crippen LogP contribution in [-0.4, -0.2) is 26.7 Å². The molecule has 1 unspecified atom stereocenters. The lowest BCUT2D eigenvalue weighted by atomic mass is 9.93. The number of hydrogen-bond donors (Lipinski definition) is 1. The van der Waals surface area contributed by atoms with Gasteiger partial charge >= 0.3 is 0 Å². The number of aryl methyl sites for hydroxylation is 2. The number of hydrogen-bond acceptors (Lipinski definition) is 4. The van der Waals surface area contributed by atoms with Gasteiger partial charge in [0.25, 0.3) is 11.7 Å². The van der Waals surface area contributed by atoms with Gasteiger partial charge in [0.2, 0.25) is 0 Å². The second kappa shape index (κ2) is 8.47. The molecule has 0 bridgehead atoms. The number of carbonyl (C=O) groups excluding carboxylic acids is 2. The van der Waals surface area contributed by atoms with Crippen molar-refractivity contribution in [3.63, 3.8) is 0 Å². The van der Waals surface area contributed by atoms with Crippen molar-refractivity contribution in [3.05, 3.63) is 105 Å². The van der Waals surface area contributed by atoms with Crippen LogP contribution in [0.25, 0.3) is 5.76 Å². The van der Waals surface area contributed by atoms with Gasteiger partial charge in [-0.15, -0.1) is 0 Å². The molecule has 5 nitrogen and oxygen atoms in total. The van der Waals surface area contributed by atoms with Gasteiger partial charge in [-0.2, -0.15) is 0 Å². The topological polar surface area (TPSA) is 70.5 Å². The predicted molar refractivity (Wildman–Crippen MR) is 122 cm³/mol. The smallest absolute Gasteiger partial charge is 0.295 e. The summed E-state index contributed by atoms with van der Waals surface area (Å²) >= 11 is 3.47. The van der Waals surface area contributed by atoms with Crippen molar-refractivity contribution in [1.29, 1.82) is 0 Å². The molecule has 2 aromatic carbocycles. The average molecular weight is 477 g/mol. The van der Waals surface area contributed by atoms with Crippen LogP contribution in [0.5, 0.6) is 0 Å². The Balaban J connectivity index is 1.91. The molecule has 1 aromatic heterocycles. The van der Waals surface area contributed by atoms with Gasteiger partial charge in [0.05, 0.1) is 11.6 Å². The lowest BCUT2D eigenvalue weighted by Crippen LogP contribution is -2.29. The Morgan fingerprint density at radius 2 is 1.90 bits per heavy atom. The minimum Gasteiger partial charge on any atom is -0.507 e. The maximum Gasteiger partial charge on any atom is 0.295 e. The molecule has 2 heterocycles. The highest BCUT2D eigenvalue weighted by atomic mass is 79.9. The third-order valence-corrected chi connectivity index (χ3v) is 5.92. The number of halogens is 1. The Bertz CT molecular complexity index is 1200. The molecule has 1 aliphatic heterocycles. The van der Waals surface area contributed by atoms with Crippen LogP contribution in [0.4, 0.5) is 0 Å². The minimum atomic E-state index is -0.711. The van der Waals surface area contributed by atoms with E-state index in [1.165, 1.54) is 4.90 Å². The van der Waals surface area contributed by atoms with Gasteiger partial charge in [-0.1, -0.05) is 51.8 Å². The van der Waals surface area contributed by atoms with Gasteiger partial charge in [-0.25, -0.2) is 0 Å². The van der Waals surface area contributed by atoms with E-state index in [4.69, 9.17) is 0 Å². The van der Waals surface area contributed by atoms with Crippen LogP contribution in [0.2, 0.25) is 0 Å². The molecule has 1 N–H and O–H groups in total. The van der Waals surface area contributed by atoms with Crippen LogP contribution in [0.15, 0.2) is 77.0 Å². The maximum atomic E-state index is 13.1. The van der Waals surface area contributed by atoms with Crippen molar-refractivity contribution < 1.29 is 14.7 Å². The second-order valence-corrected chi connectivity index (χ2v) is 8.58. The summed E-state index contributed by atoms with van der Waals surface area (Å²) in [5.41, 5.74) is 3.98. The average Bonchev–Trinajstić information content (AvgIpc) is 3.00. The predicted octanol–water partition coefficient (Wildman–Crippen LogP) is 5.08. The van der Waals surface area contributed by atoms with Gasteiger partial charge < -0.3 is 10.0 Å². The van der Waals surface area contributed by atoms with Crippen molar-refractivity contribution in [2.24, 2.45) is 0 Å². The molecule has 156 valence electrons. The van der Waals surface area contributed by atoms with E-state index in [1.807, 2.05) is 62.4 Å². The molecule has 0 aliphatic carbocycles. The fraction of sp³-hybridized carbons (Fsp3) is 0.160. The van der Waals surface area contributed by atoms with E-state index in [9.17, 15) is 14.7 Å². The van der Waals surface area contributed by atoms with Crippen molar-refractivity contribution in [2.75, 3.05) is 0 Å². The van der Waals surface area contributed by atoms with E-state index >= 15 is 0 Å². The molecular formula is C25H21BrN2O3. The van der Waals surface area contributed by atoms with E-state index in [1.54, 1.807) is 18.5 Å². The molecule has 4 rings (SSSR count). The third kappa shape index (κ3) is 4.03. The number of aliphatic hydroxyl groups is 1. The SMILES string of the molecule is Cc1ccc(C)c(/C(O)=C2\C(=O)C(=O)N(Cc3cccnc3)C2c2cccc(Br)c2)c1. The molecule has 0 saturated carbocycles. The molecule has 1 aliphatic rings. The lowest BCUT2D eigenvalue weighted by molar-refractivity contribution is -0.140. The standard InChI is InChI=1S/C25H21BrN2O3/c1-15-8-9-16(2)20(11-15)23(29)21-22(18-6-3-7-19(26)12-18)28(25(31)24(21)30)14-17-5-4-10-27-13-17/h3-13,22,29H,14H2,1-2H3/b23-21+. The number of likely N-dealkylation sites (tertiary alicyclic amines) is 1. The van der Waals surface area contributed by atoms with Crippen LogP contribution in [0.1, 0.15) is 33.9 Å². The number of pyridine rings is 1. The van der Waals surface area contributed by atoms with Gasteiger partial charge in [0.1, 0.15) is 5.76 Å². The highest BCUT2D eigenvalue weighted by molar-refractivity contribution is 9.10. The summed E-state index contributed by atoms with van der Waals surface area (Å²) in [5, 5.41) is 11.3. The zero-order valence-corrected chi connectivity index (χ0v) is 18.8. The first-order valence-corrected chi connectivity index (χ1v) is 10.7. The van der Waals surface area contributed by atoms with Crippen molar-refractivity contribution >= 4 is 33.4 Å². The third-order valence-electron chi connectivity index (χ3n) is 5.43. The number of Topliss-reactive ketones (excluding diaryl/α,β-unsaturated/α-hetero) is 1. The van der Waals surface area contributed by atoms with Crippen LogP contribution < -0.4 is 0 Å². The Morgan fingerprint density at radius 3 is 2.61 bits per heavy atom. The molecular weight excluding hydrogens is 456 g/mol. The fourth-order valence-corrected chi connectivity index (χ4v) is 4.31. The van der Waals surface area contributed by atoms with E-state index in [0.717, 1.165) is 26.7 Å². The monoisotopic (exact) mass is 476 g/mol. The molecule has 3 aromatic rings. The molecule has 0 spiro atoms. The summed E-state index contributed by atoms with van der Waals surface area (Å²) in [5.74, 6) is -1.48. The number of rotatable bonds is 4. The van der Waals surface area contributed by atoms with Crippen molar-refractivity contribution in [1.82, 2.24) is 9.88 Å². The zero-order chi connectivity index (χ0) is 22.1. The maximum absolute atomic E-state index is 13.1. The Kier molecular flexibility index (Phi) is 5.74. The highest BCUT2D eigenvalue weighted by Gasteiger charge is 2.46. The van der Waals surface area contributed by atoms with Gasteiger partial charge in [-0.05, 0) is 54.8 Å². The number of aromatic nitrogens is 1. The number of amides is 1. The van der Waals surface area contributed by atoms with Gasteiger partial charge in [0, 0.05) is 29.0 Å². The first-order chi connectivity index (χ1) is 14.9. The number of nitrogens with zero attached hydrogens (tertiary/aromatic N) is 2. The van der Waals surface area contributed by atoms with E-state index in [0.29, 0.717) is 5.56 Å². The number of aliphatic hydroxyl groups excluding tert-OH is 1. The quantitative estimate of drug-likeness (QED) is 0.323. The van der Waals surface area contributed by atoms with Crippen molar-refractivity contribution in [3.8, 4) is 0 Å². The lowest BCUT2D eigenvalue weighted by Gasteiger charge is -2.25. The molecule has 6 heteroatoms. The molecule has 31 heavy (non-hydrogen) atoms. The van der Waals surface area contributed by atoms with Crippen molar-refractivity contribution in [2.45, 2.75) is 26.4 Å². The van der Waals surface area contributed by atoms with E-state index in [2.05, 4.69) is 20.9 Å². The summed E-state index contributed by atoms with van der Waals surface area (Å²) in [6.45, 7) is 4.00. The number of ketones is 1. The largest absolute Gasteiger partial charge is 0.507 e. The fourth-order valence-electron chi connectivity index (χ4n) is 3.89. The van der Waals surface area contributed by atoms with Crippen LogP contribution >= 0.6 is 15.9 Å².